The van der Waals surface area contributed by atoms with Gasteiger partial charge in [0.1, 0.15) is 12.4 Å². The number of phenolic OH excluding ortho intramolecular Hbond substituents is 2. The molecule has 7 nitrogen and oxygen atoms in total. The lowest BCUT2D eigenvalue weighted by atomic mass is 10.1. The number of phenols is 2. The number of aliphatic hydroxyl groups excluding tert-OH is 2. The van der Waals surface area contributed by atoms with Gasteiger partial charge in [-0.15, -0.1) is 0 Å². The monoisotopic (exact) mass is 348 g/mol. The van der Waals surface area contributed by atoms with Gasteiger partial charge in [-0.3, -0.25) is 0 Å². The largest absolute Gasteiger partial charge is 0.508 e. The fourth-order valence-electron chi connectivity index (χ4n) is 2.42. The Morgan fingerprint density at radius 2 is 1.88 bits per heavy atom. The summed E-state index contributed by atoms with van der Waals surface area (Å²) in [5, 5.41) is 39.1. The van der Waals surface area contributed by atoms with E-state index in [0.29, 0.717) is 29.9 Å². The summed E-state index contributed by atoms with van der Waals surface area (Å²) in [6.07, 6.45) is -0.545. The molecule has 2 aromatic carbocycles. The highest BCUT2D eigenvalue weighted by Gasteiger charge is 2.18. The molecule has 2 rings (SSSR count). The number of benzene rings is 2. The highest BCUT2D eigenvalue weighted by atomic mass is 16.5. The highest BCUT2D eigenvalue weighted by Crippen LogP contribution is 2.29. The SMILES string of the molecule is Cc1cc(N(CCCO)C(O)COc2ccc(N)cc2O)ccc1O. The molecule has 0 aromatic heterocycles. The summed E-state index contributed by atoms with van der Waals surface area (Å²) in [7, 11) is 0. The minimum absolute atomic E-state index is 0.0140. The number of nitrogens with two attached hydrogens (primary N) is 1. The van der Waals surface area contributed by atoms with Crippen molar-refractivity contribution in [3.05, 3.63) is 42.0 Å². The molecule has 0 amide bonds. The smallest absolute Gasteiger partial charge is 0.161 e. The van der Waals surface area contributed by atoms with E-state index in [-0.39, 0.29) is 30.5 Å². The van der Waals surface area contributed by atoms with Gasteiger partial charge in [-0.1, -0.05) is 0 Å². The van der Waals surface area contributed by atoms with Crippen molar-refractivity contribution in [2.24, 2.45) is 0 Å². The number of aliphatic hydroxyl groups is 2. The van der Waals surface area contributed by atoms with Gasteiger partial charge in [-0.05, 0) is 49.2 Å². The van der Waals surface area contributed by atoms with Gasteiger partial charge >= 0.3 is 0 Å². The molecule has 0 saturated carbocycles. The summed E-state index contributed by atoms with van der Waals surface area (Å²) in [5.41, 5.74) is 7.36. The van der Waals surface area contributed by atoms with Gasteiger partial charge in [0, 0.05) is 30.6 Å². The maximum absolute atomic E-state index is 10.5. The number of nitrogens with zero attached hydrogens (tertiary/aromatic N) is 1. The zero-order valence-corrected chi connectivity index (χ0v) is 14.1. The molecule has 6 N–H and O–H groups in total. The Balaban J connectivity index is 2.11. The number of hydrogen-bond acceptors (Lipinski definition) is 7. The summed E-state index contributed by atoms with van der Waals surface area (Å²) < 4.78 is 5.48. The molecule has 0 aliphatic heterocycles. The molecule has 2 aromatic rings. The molecule has 136 valence electrons. The molecule has 0 heterocycles. The van der Waals surface area contributed by atoms with Gasteiger partial charge in [0.05, 0.1) is 0 Å². The Labute approximate surface area is 146 Å². The Kier molecular flexibility index (Phi) is 6.32. The van der Waals surface area contributed by atoms with E-state index in [9.17, 15) is 15.3 Å². The molecule has 25 heavy (non-hydrogen) atoms. The molecule has 0 spiro atoms. The van der Waals surface area contributed by atoms with Crippen molar-refractivity contribution in [3.8, 4) is 17.2 Å². The fraction of sp³-hybridized carbons (Fsp3) is 0.333. The number of anilines is 2. The topological polar surface area (TPSA) is 119 Å². The zero-order chi connectivity index (χ0) is 18.4. The van der Waals surface area contributed by atoms with Crippen LogP contribution in [0.1, 0.15) is 12.0 Å². The second kappa shape index (κ2) is 8.46. The van der Waals surface area contributed by atoms with Crippen LogP contribution in [-0.2, 0) is 0 Å². The van der Waals surface area contributed by atoms with Gasteiger partial charge in [0.15, 0.2) is 17.7 Å². The first-order valence-electron chi connectivity index (χ1n) is 7.99. The van der Waals surface area contributed by atoms with Crippen molar-refractivity contribution < 1.29 is 25.2 Å². The van der Waals surface area contributed by atoms with Crippen LogP contribution in [0.4, 0.5) is 11.4 Å². The third-order valence-corrected chi connectivity index (χ3v) is 3.80. The number of aryl methyl sites for hydroxylation is 1. The second-order valence-corrected chi connectivity index (χ2v) is 5.76. The summed E-state index contributed by atoms with van der Waals surface area (Å²) in [6, 6.07) is 9.47. The van der Waals surface area contributed by atoms with Crippen LogP contribution in [0.15, 0.2) is 36.4 Å². The van der Waals surface area contributed by atoms with E-state index >= 15 is 0 Å². The maximum atomic E-state index is 10.5. The average Bonchev–Trinajstić information content (AvgIpc) is 2.57. The number of ether oxygens (including phenoxy) is 1. The first-order chi connectivity index (χ1) is 11.9. The van der Waals surface area contributed by atoms with Gasteiger partial charge in [0.2, 0.25) is 0 Å². The molecule has 1 atom stereocenters. The van der Waals surface area contributed by atoms with Crippen molar-refractivity contribution in [3.63, 3.8) is 0 Å². The van der Waals surface area contributed by atoms with Gasteiger partial charge in [-0.25, -0.2) is 0 Å². The third kappa shape index (κ3) is 4.91. The summed E-state index contributed by atoms with van der Waals surface area (Å²) in [6.45, 7) is 2.06. The van der Waals surface area contributed by atoms with E-state index in [1.54, 1.807) is 36.1 Å². The predicted octanol–water partition coefficient (Wildman–Crippen LogP) is 1.57. The van der Waals surface area contributed by atoms with E-state index in [2.05, 4.69) is 0 Å². The first kappa shape index (κ1) is 18.7. The minimum Gasteiger partial charge on any atom is -0.508 e. The quantitative estimate of drug-likeness (QED) is 0.363. The second-order valence-electron chi connectivity index (χ2n) is 5.76. The first-order valence-corrected chi connectivity index (χ1v) is 7.99. The summed E-state index contributed by atoms with van der Waals surface area (Å²) >= 11 is 0. The van der Waals surface area contributed by atoms with E-state index in [1.807, 2.05) is 0 Å². The van der Waals surface area contributed by atoms with Crippen LogP contribution < -0.4 is 15.4 Å². The number of rotatable bonds is 8. The highest BCUT2D eigenvalue weighted by molar-refractivity contribution is 5.53. The standard InChI is InChI=1S/C18H24N2O5/c1-12-9-14(4-5-15(12)22)20(7-2-8-21)18(24)11-25-17-6-3-13(19)10-16(17)23/h3-6,9-10,18,21-24H,2,7-8,11,19H2,1H3. The van der Waals surface area contributed by atoms with Crippen molar-refractivity contribution in [2.75, 3.05) is 30.4 Å². The summed E-state index contributed by atoms with van der Waals surface area (Å²) in [4.78, 5) is 1.66. The normalized spacial score (nSPS) is 12.0. The summed E-state index contributed by atoms with van der Waals surface area (Å²) in [5.74, 6) is 0.287. The van der Waals surface area contributed by atoms with E-state index in [0.717, 1.165) is 0 Å². The van der Waals surface area contributed by atoms with Crippen LogP contribution in [0.25, 0.3) is 0 Å². The molecule has 0 aliphatic carbocycles. The molecular formula is C18H24N2O5. The van der Waals surface area contributed by atoms with Gasteiger partial charge < -0.3 is 35.8 Å². The average molecular weight is 348 g/mol. The van der Waals surface area contributed by atoms with Gasteiger partial charge in [-0.2, -0.15) is 0 Å². The van der Waals surface area contributed by atoms with E-state index < -0.39 is 6.23 Å². The fourth-order valence-corrected chi connectivity index (χ4v) is 2.42. The van der Waals surface area contributed by atoms with Crippen molar-refractivity contribution in [2.45, 2.75) is 19.6 Å². The zero-order valence-electron chi connectivity index (χ0n) is 14.1. The molecule has 0 fully saturated rings. The van der Waals surface area contributed by atoms with E-state index in [4.69, 9.17) is 15.6 Å². The Hall–Kier alpha value is -2.64. The van der Waals surface area contributed by atoms with Crippen LogP contribution in [0.3, 0.4) is 0 Å². The lowest BCUT2D eigenvalue weighted by molar-refractivity contribution is 0.100. The third-order valence-electron chi connectivity index (χ3n) is 3.80. The van der Waals surface area contributed by atoms with Gasteiger partial charge in [0.25, 0.3) is 0 Å². The lowest BCUT2D eigenvalue weighted by Gasteiger charge is -2.30. The molecule has 0 radical (unpaired) electrons. The molecule has 0 saturated heterocycles. The van der Waals surface area contributed by atoms with Crippen LogP contribution in [0.2, 0.25) is 0 Å². The van der Waals surface area contributed by atoms with Crippen molar-refractivity contribution >= 4 is 11.4 Å². The molecule has 1 unspecified atom stereocenters. The Morgan fingerprint density at radius 3 is 2.52 bits per heavy atom. The number of nitrogen functional groups attached to an aromatic ring is 1. The van der Waals surface area contributed by atoms with Crippen LogP contribution in [0.5, 0.6) is 17.2 Å². The Bertz CT molecular complexity index is 708. The molecular weight excluding hydrogens is 324 g/mol. The Morgan fingerprint density at radius 1 is 1.12 bits per heavy atom. The van der Waals surface area contributed by atoms with Crippen LogP contribution in [0, 0.1) is 6.92 Å². The minimum atomic E-state index is -1.01. The van der Waals surface area contributed by atoms with Crippen molar-refractivity contribution in [1.82, 2.24) is 0 Å². The number of aromatic hydroxyl groups is 2. The van der Waals surface area contributed by atoms with E-state index in [1.165, 1.54) is 12.1 Å². The molecule has 7 heteroatoms. The predicted molar refractivity (Wildman–Crippen MR) is 95.9 cm³/mol. The maximum Gasteiger partial charge on any atom is 0.161 e. The van der Waals surface area contributed by atoms with Crippen LogP contribution in [-0.4, -0.2) is 46.4 Å². The van der Waals surface area contributed by atoms with Crippen molar-refractivity contribution in [1.29, 1.82) is 0 Å². The van der Waals surface area contributed by atoms with Crippen LogP contribution >= 0.6 is 0 Å². The number of hydrogen-bond donors (Lipinski definition) is 5. The molecule has 0 aliphatic rings. The molecule has 0 bridgehead atoms. The lowest BCUT2D eigenvalue weighted by Crippen LogP contribution is -2.40.